The molecule has 0 aliphatic rings. The normalized spacial score (nSPS) is 11.9. The molecule has 0 atom stereocenters. The van der Waals surface area contributed by atoms with Crippen LogP contribution in [0.3, 0.4) is 0 Å². The second kappa shape index (κ2) is 4.73. The summed E-state index contributed by atoms with van der Waals surface area (Å²) in [6, 6.07) is 15.7. The largest absolute Gasteiger partial charge is 0.494 e. The molecule has 0 saturated carbocycles. The van der Waals surface area contributed by atoms with Crippen molar-refractivity contribution in [3.05, 3.63) is 48.5 Å². The number of para-hydroxylation sites is 2. The van der Waals surface area contributed by atoms with E-state index in [4.69, 9.17) is 0 Å². The zero-order valence-corrected chi connectivity index (χ0v) is 12.0. The molecule has 22 heavy (non-hydrogen) atoms. The van der Waals surface area contributed by atoms with Gasteiger partial charge in [-0.25, -0.2) is 0 Å². The average molecular weight is 290 g/mol. The van der Waals surface area contributed by atoms with E-state index >= 15 is 0 Å². The number of nitrogens with zero attached hydrogens (tertiary/aromatic N) is 2. The maximum absolute atomic E-state index is 10.4. The average Bonchev–Trinajstić information content (AvgIpc) is 3.05. The van der Waals surface area contributed by atoms with Gasteiger partial charge in [0.2, 0.25) is 0 Å². The quantitative estimate of drug-likeness (QED) is 0.458. The summed E-state index contributed by atoms with van der Waals surface area (Å²) in [5.41, 5.74) is 4.06. The SMILES string of the molecule is CN=Nc1c(-c2c(O)[nH]c3ccccc23)[nH]c2ccccc12. The molecular formula is C17H14N4O. The molecule has 5 heteroatoms. The predicted molar refractivity (Wildman–Crippen MR) is 87.7 cm³/mol. The minimum Gasteiger partial charge on any atom is -0.494 e. The summed E-state index contributed by atoms with van der Waals surface area (Å²) in [7, 11) is 1.64. The van der Waals surface area contributed by atoms with Gasteiger partial charge in [-0.05, 0) is 12.1 Å². The molecule has 0 amide bonds. The van der Waals surface area contributed by atoms with Gasteiger partial charge in [-0.15, -0.1) is 0 Å². The van der Waals surface area contributed by atoms with E-state index < -0.39 is 0 Å². The van der Waals surface area contributed by atoms with E-state index in [1.165, 1.54) is 0 Å². The Bertz CT molecular complexity index is 1010. The van der Waals surface area contributed by atoms with E-state index in [1.807, 2.05) is 48.5 Å². The van der Waals surface area contributed by atoms with Gasteiger partial charge in [-0.1, -0.05) is 36.4 Å². The minimum atomic E-state index is 0.125. The van der Waals surface area contributed by atoms with Crippen molar-refractivity contribution in [2.24, 2.45) is 10.2 Å². The summed E-state index contributed by atoms with van der Waals surface area (Å²) in [6.45, 7) is 0. The summed E-state index contributed by atoms with van der Waals surface area (Å²) in [6.07, 6.45) is 0. The highest BCUT2D eigenvalue weighted by Crippen LogP contribution is 2.44. The molecule has 0 unspecified atom stereocenters. The summed E-state index contributed by atoms with van der Waals surface area (Å²) in [4.78, 5) is 6.35. The summed E-state index contributed by atoms with van der Waals surface area (Å²) < 4.78 is 0. The first-order valence-electron chi connectivity index (χ1n) is 7.00. The molecule has 0 spiro atoms. The van der Waals surface area contributed by atoms with Gasteiger partial charge >= 0.3 is 0 Å². The minimum absolute atomic E-state index is 0.125. The summed E-state index contributed by atoms with van der Waals surface area (Å²) in [5, 5.41) is 20.5. The van der Waals surface area contributed by atoms with Crippen molar-refractivity contribution in [1.29, 1.82) is 0 Å². The van der Waals surface area contributed by atoms with Crippen LogP contribution in [-0.4, -0.2) is 22.1 Å². The van der Waals surface area contributed by atoms with E-state index in [0.717, 1.165) is 33.2 Å². The number of hydrogen-bond acceptors (Lipinski definition) is 3. The molecule has 0 aliphatic carbocycles. The lowest BCUT2D eigenvalue weighted by molar-refractivity contribution is 0.460. The lowest BCUT2D eigenvalue weighted by Crippen LogP contribution is -1.77. The van der Waals surface area contributed by atoms with Gasteiger partial charge in [0.15, 0.2) is 5.88 Å². The molecular weight excluding hydrogens is 276 g/mol. The van der Waals surface area contributed by atoms with E-state index in [-0.39, 0.29) is 5.88 Å². The van der Waals surface area contributed by atoms with E-state index in [1.54, 1.807) is 7.05 Å². The Morgan fingerprint density at radius 3 is 2.23 bits per heavy atom. The van der Waals surface area contributed by atoms with Gasteiger partial charge in [-0.2, -0.15) is 10.2 Å². The highest BCUT2D eigenvalue weighted by Gasteiger charge is 2.20. The number of hydrogen-bond donors (Lipinski definition) is 3. The van der Waals surface area contributed by atoms with Gasteiger partial charge in [0.1, 0.15) is 5.69 Å². The molecule has 4 aromatic rings. The third-order valence-electron chi connectivity index (χ3n) is 3.81. The third-order valence-corrected chi connectivity index (χ3v) is 3.81. The first kappa shape index (κ1) is 12.6. The van der Waals surface area contributed by atoms with Crippen molar-refractivity contribution in [3.8, 4) is 17.1 Å². The Balaban J connectivity index is 2.12. The predicted octanol–water partition coefficient (Wildman–Crippen LogP) is 4.74. The number of azo groups is 1. The van der Waals surface area contributed by atoms with Crippen molar-refractivity contribution in [1.82, 2.24) is 9.97 Å². The lowest BCUT2D eigenvalue weighted by Gasteiger charge is -1.99. The zero-order valence-electron chi connectivity index (χ0n) is 12.0. The van der Waals surface area contributed by atoms with Crippen LogP contribution in [-0.2, 0) is 0 Å². The van der Waals surface area contributed by atoms with Crippen LogP contribution >= 0.6 is 0 Å². The first-order valence-corrected chi connectivity index (χ1v) is 7.00. The molecule has 2 aromatic heterocycles. The maximum atomic E-state index is 10.4. The van der Waals surface area contributed by atoms with Crippen molar-refractivity contribution in [3.63, 3.8) is 0 Å². The monoisotopic (exact) mass is 290 g/mol. The number of aromatic nitrogens is 2. The smallest absolute Gasteiger partial charge is 0.199 e. The Hall–Kier alpha value is -3.08. The van der Waals surface area contributed by atoms with Crippen LogP contribution in [0.2, 0.25) is 0 Å². The number of fused-ring (bicyclic) bond motifs is 2. The highest BCUT2D eigenvalue weighted by atomic mass is 16.3. The molecule has 3 N–H and O–H groups in total. The fourth-order valence-corrected chi connectivity index (χ4v) is 2.89. The van der Waals surface area contributed by atoms with Gasteiger partial charge < -0.3 is 15.1 Å². The van der Waals surface area contributed by atoms with Crippen LogP contribution in [0.4, 0.5) is 5.69 Å². The van der Waals surface area contributed by atoms with E-state index in [2.05, 4.69) is 20.2 Å². The van der Waals surface area contributed by atoms with Gasteiger partial charge in [0.05, 0.1) is 11.3 Å². The molecule has 2 aromatic carbocycles. The Morgan fingerprint density at radius 2 is 1.50 bits per heavy atom. The Labute approximate surface area is 126 Å². The van der Waals surface area contributed by atoms with Crippen LogP contribution < -0.4 is 0 Å². The van der Waals surface area contributed by atoms with Gasteiger partial charge in [-0.3, -0.25) is 0 Å². The fourth-order valence-electron chi connectivity index (χ4n) is 2.89. The van der Waals surface area contributed by atoms with Crippen molar-refractivity contribution >= 4 is 27.5 Å². The number of aromatic hydroxyl groups is 1. The second-order valence-electron chi connectivity index (χ2n) is 5.09. The molecule has 2 heterocycles. The van der Waals surface area contributed by atoms with Crippen molar-refractivity contribution in [2.75, 3.05) is 7.05 Å². The first-order chi connectivity index (χ1) is 10.8. The summed E-state index contributed by atoms with van der Waals surface area (Å²) in [5.74, 6) is 0.125. The molecule has 0 bridgehead atoms. The van der Waals surface area contributed by atoms with Crippen LogP contribution in [0, 0.1) is 0 Å². The fraction of sp³-hybridized carbons (Fsp3) is 0.0588. The van der Waals surface area contributed by atoms with Crippen molar-refractivity contribution < 1.29 is 5.11 Å². The topological polar surface area (TPSA) is 76.5 Å². The Kier molecular flexibility index (Phi) is 2.72. The number of aromatic amines is 2. The standard InChI is InChI=1S/C17H14N4O/c1-18-21-15-11-7-3-5-9-13(11)19-16(15)14-10-6-2-4-8-12(10)20-17(14)22/h2-9,19-20,22H,1H3. The van der Waals surface area contributed by atoms with Crippen LogP contribution in [0.5, 0.6) is 5.88 Å². The zero-order chi connectivity index (χ0) is 15.1. The molecule has 0 radical (unpaired) electrons. The number of nitrogens with one attached hydrogen (secondary N) is 2. The van der Waals surface area contributed by atoms with Gasteiger partial charge in [0, 0.05) is 28.9 Å². The third kappa shape index (κ3) is 1.72. The molecule has 0 aliphatic heterocycles. The molecule has 5 nitrogen and oxygen atoms in total. The second-order valence-corrected chi connectivity index (χ2v) is 5.09. The van der Waals surface area contributed by atoms with Gasteiger partial charge in [0.25, 0.3) is 0 Å². The molecule has 0 saturated heterocycles. The molecule has 0 fully saturated rings. The van der Waals surface area contributed by atoms with E-state index in [9.17, 15) is 5.11 Å². The summed E-state index contributed by atoms with van der Waals surface area (Å²) >= 11 is 0. The van der Waals surface area contributed by atoms with Crippen LogP contribution in [0.25, 0.3) is 33.1 Å². The lowest BCUT2D eigenvalue weighted by atomic mass is 10.1. The number of H-pyrrole nitrogens is 2. The highest BCUT2D eigenvalue weighted by molar-refractivity contribution is 6.07. The van der Waals surface area contributed by atoms with Crippen LogP contribution in [0.1, 0.15) is 0 Å². The van der Waals surface area contributed by atoms with Crippen LogP contribution in [0.15, 0.2) is 58.8 Å². The maximum Gasteiger partial charge on any atom is 0.199 e. The molecule has 4 rings (SSSR count). The Morgan fingerprint density at radius 1 is 0.864 bits per heavy atom. The number of benzene rings is 2. The van der Waals surface area contributed by atoms with Crippen molar-refractivity contribution in [2.45, 2.75) is 0 Å². The van der Waals surface area contributed by atoms with E-state index in [0.29, 0.717) is 5.56 Å². The number of rotatable bonds is 2. The molecule has 108 valence electrons.